The van der Waals surface area contributed by atoms with Crippen LogP contribution in [0.2, 0.25) is 0 Å². The molecule has 0 aromatic carbocycles. The number of hydrogen-bond acceptors (Lipinski definition) is 4. The Labute approximate surface area is 76.1 Å². The second-order valence-corrected chi connectivity index (χ2v) is 3.13. The molecule has 1 heterocycles. The fourth-order valence-electron chi connectivity index (χ4n) is 1.15. The molecule has 0 aromatic rings. The summed E-state index contributed by atoms with van der Waals surface area (Å²) in [4.78, 5) is 22.0. The fourth-order valence-corrected chi connectivity index (χ4v) is 1.15. The first-order valence-corrected chi connectivity index (χ1v) is 4.23. The Morgan fingerprint density at radius 2 is 2.54 bits per heavy atom. The van der Waals surface area contributed by atoms with Gasteiger partial charge in [-0.2, -0.15) is 0 Å². The standard InChI is InChI=1S/C8H13NO4/c1-5(10)4-7(11)9-6-2-3-13-8(6)12/h5-6,10H,2-4H2,1H3,(H,9,11)/t5-,6-/m1/s1. The minimum Gasteiger partial charge on any atom is -0.464 e. The van der Waals surface area contributed by atoms with Crippen molar-refractivity contribution in [2.75, 3.05) is 6.61 Å². The Hall–Kier alpha value is -1.10. The van der Waals surface area contributed by atoms with E-state index in [0.29, 0.717) is 13.0 Å². The van der Waals surface area contributed by atoms with E-state index in [0.717, 1.165) is 0 Å². The summed E-state index contributed by atoms with van der Waals surface area (Å²) in [6.45, 7) is 1.88. The predicted molar refractivity (Wildman–Crippen MR) is 43.8 cm³/mol. The zero-order valence-electron chi connectivity index (χ0n) is 7.45. The monoisotopic (exact) mass is 187 g/mol. The van der Waals surface area contributed by atoms with Crippen molar-refractivity contribution in [3.05, 3.63) is 0 Å². The third-order valence-corrected chi connectivity index (χ3v) is 1.75. The van der Waals surface area contributed by atoms with Crippen LogP contribution in [-0.2, 0) is 14.3 Å². The van der Waals surface area contributed by atoms with E-state index in [1.807, 2.05) is 0 Å². The molecule has 1 aliphatic rings. The lowest BCUT2D eigenvalue weighted by Crippen LogP contribution is -2.39. The van der Waals surface area contributed by atoms with Crippen LogP contribution in [0, 0.1) is 0 Å². The van der Waals surface area contributed by atoms with E-state index in [1.54, 1.807) is 0 Å². The highest BCUT2D eigenvalue weighted by atomic mass is 16.5. The van der Waals surface area contributed by atoms with Crippen molar-refractivity contribution in [3.8, 4) is 0 Å². The van der Waals surface area contributed by atoms with Gasteiger partial charge in [-0.1, -0.05) is 0 Å². The molecule has 74 valence electrons. The molecular weight excluding hydrogens is 174 g/mol. The SMILES string of the molecule is C[C@@H](O)CC(=O)N[C@@H]1CCOC1=O. The molecule has 0 aliphatic carbocycles. The first-order valence-electron chi connectivity index (χ1n) is 4.23. The van der Waals surface area contributed by atoms with Crippen molar-refractivity contribution in [1.29, 1.82) is 0 Å². The average Bonchev–Trinajstić information content (AvgIpc) is 2.34. The lowest BCUT2D eigenvalue weighted by molar-refractivity contribution is -0.141. The van der Waals surface area contributed by atoms with Crippen molar-refractivity contribution in [2.24, 2.45) is 0 Å². The van der Waals surface area contributed by atoms with E-state index in [1.165, 1.54) is 6.92 Å². The van der Waals surface area contributed by atoms with Crippen LogP contribution in [0.5, 0.6) is 0 Å². The van der Waals surface area contributed by atoms with Crippen molar-refractivity contribution >= 4 is 11.9 Å². The molecule has 1 saturated heterocycles. The first-order chi connectivity index (χ1) is 6.09. The zero-order valence-corrected chi connectivity index (χ0v) is 7.45. The third-order valence-electron chi connectivity index (χ3n) is 1.75. The van der Waals surface area contributed by atoms with Gasteiger partial charge in [0.2, 0.25) is 5.91 Å². The highest BCUT2D eigenvalue weighted by Crippen LogP contribution is 2.05. The summed E-state index contributed by atoms with van der Waals surface area (Å²) in [5.74, 6) is -0.710. The van der Waals surface area contributed by atoms with Gasteiger partial charge in [-0.15, -0.1) is 0 Å². The highest BCUT2D eigenvalue weighted by Gasteiger charge is 2.27. The van der Waals surface area contributed by atoms with Crippen LogP contribution in [0.4, 0.5) is 0 Å². The van der Waals surface area contributed by atoms with Crippen molar-refractivity contribution in [2.45, 2.75) is 31.9 Å². The highest BCUT2D eigenvalue weighted by molar-refractivity contribution is 5.85. The maximum absolute atomic E-state index is 11.1. The molecule has 0 spiro atoms. The topological polar surface area (TPSA) is 75.6 Å². The van der Waals surface area contributed by atoms with Gasteiger partial charge >= 0.3 is 5.97 Å². The number of hydrogen-bond donors (Lipinski definition) is 2. The maximum atomic E-state index is 11.1. The summed E-state index contributed by atoms with van der Waals surface area (Å²) < 4.78 is 4.66. The van der Waals surface area contributed by atoms with E-state index in [4.69, 9.17) is 5.11 Å². The van der Waals surface area contributed by atoms with Gasteiger partial charge < -0.3 is 15.2 Å². The van der Waals surface area contributed by atoms with Crippen LogP contribution in [0.15, 0.2) is 0 Å². The van der Waals surface area contributed by atoms with Crippen molar-refractivity contribution in [3.63, 3.8) is 0 Å². The van der Waals surface area contributed by atoms with Crippen LogP contribution in [0.1, 0.15) is 19.8 Å². The summed E-state index contributed by atoms with van der Waals surface area (Å²) in [6.07, 6.45) is -0.147. The molecule has 0 bridgehead atoms. The molecule has 1 rings (SSSR count). The average molecular weight is 187 g/mol. The Bertz CT molecular complexity index is 214. The third kappa shape index (κ3) is 3.02. The number of esters is 1. The normalized spacial score (nSPS) is 23.8. The summed E-state index contributed by atoms with van der Waals surface area (Å²) in [6, 6.07) is -0.522. The number of cyclic esters (lactones) is 1. The van der Waals surface area contributed by atoms with E-state index < -0.39 is 12.1 Å². The lowest BCUT2D eigenvalue weighted by Gasteiger charge is -2.09. The second kappa shape index (κ2) is 4.23. The largest absolute Gasteiger partial charge is 0.464 e. The quantitative estimate of drug-likeness (QED) is 0.566. The zero-order chi connectivity index (χ0) is 9.84. The number of carbonyl (C=O) groups excluding carboxylic acids is 2. The van der Waals surface area contributed by atoms with E-state index in [2.05, 4.69) is 10.1 Å². The van der Waals surface area contributed by atoms with Crippen LogP contribution in [0.25, 0.3) is 0 Å². The molecule has 13 heavy (non-hydrogen) atoms. The number of amides is 1. The molecule has 2 N–H and O–H groups in total. The molecule has 0 saturated carbocycles. The summed E-state index contributed by atoms with van der Waals surface area (Å²) >= 11 is 0. The summed E-state index contributed by atoms with van der Waals surface area (Å²) in [5.41, 5.74) is 0. The van der Waals surface area contributed by atoms with Crippen LogP contribution >= 0.6 is 0 Å². The van der Waals surface area contributed by atoms with Crippen LogP contribution in [0.3, 0.4) is 0 Å². The van der Waals surface area contributed by atoms with Gasteiger partial charge in [-0.05, 0) is 6.92 Å². The van der Waals surface area contributed by atoms with Gasteiger partial charge in [0.1, 0.15) is 6.04 Å². The van der Waals surface area contributed by atoms with E-state index in [-0.39, 0.29) is 18.3 Å². The molecule has 1 fully saturated rings. The Kier molecular flexibility index (Phi) is 3.25. The summed E-state index contributed by atoms with van der Waals surface area (Å²) in [5, 5.41) is 11.4. The van der Waals surface area contributed by atoms with Gasteiger partial charge in [-0.25, -0.2) is 4.79 Å². The number of carbonyl (C=O) groups is 2. The molecular formula is C8H13NO4. The fraction of sp³-hybridized carbons (Fsp3) is 0.750. The summed E-state index contributed by atoms with van der Waals surface area (Å²) in [7, 11) is 0. The molecule has 1 amide bonds. The number of nitrogens with one attached hydrogen (secondary N) is 1. The van der Waals surface area contributed by atoms with Gasteiger partial charge in [0, 0.05) is 6.42 Å². The second-order valence-electron chi connectivity index (χ2n) is 3.13. The molecule has 5 nitrogen and oxygen atoms in total. The smallest absolute Gasteiger partial charge is 0.328 e. The van der Waals surface area contributed by atoms with Gasteiger partial charge in [0.25, 0.3) is 0 Å². The van der Waals surface area contributed by atoms with Crippen LogP contribution in [-0.4, -0.2) is 35.7 Å². The molecule has 5 heteroatoms. The van der Waals surface area contributed by atoms with Crippen molar-refractivity contribution < 1.29 is 19.4 Å². The van der Waals surface area contributed by atoms with Crippen LogP contribution < -0.4 is 5.32 Å². The first kappa shape index (κ1) is 9.98. The Balaban J connectivity index is 2.31. The Morgan fingerprint density at radius 1 is 1.85 bits per heavy atom. The Morgan fingerprint density at radius 3 is 3.00 bits per heavy atom. The molecule has 0 radical (unpaired) electrons. The molecule has 1 aliphatic heterocycles. The molecule has 2 atom stereocenters. The molecule has 0 unspecified atom stereocenters. The predicted octanol–water partition coefficient (Wildman–Crippen LogP) is -0.811. The minimum absolute atomic E-state index is 0.0176. The number of aliphatic hydroxyl groups is 1. The maximum Gasteiger partial charge on any atom is 0.328 e. The van der Waals surface area contributed by atoms with Gasteiger partial charge in [-0.3, -0.25) is 4.79 Å². The van der Waals surface area contributed by atoms with Gasteiger partial charge in [0.15, 0.2) is 0 Å². The minimum atomic E-state index is -0.683. The lowest BCUT2D eigenvalue weighted by atomic mass is 10.2. The number of ether oxygens (including phenoxy) is 1. The van der Waals surface area contributed by atoms with E-state index in [9.17, 15) is 9.59 Å². The van der Waals surface area contributed by atoms with Gasteiger partial charge in [0.05, 0.1) is 19.1 Å². The number of rotatable bonds is 3. The number of aliphatic hydroxyl groups excluding tert-OH is 1. The van der Waals surface area contributed by atoms with Crippen molar-refractivity contribution in [1.82, 2.24) is 5.32 Å². The van der Waals surface area contributed by atoms with E-state index >= 15 is 0 Å². The molecule has 0 aromatic heterocycles.